The minimum absolute atomic E-state index is 0.169. The van der Waals surface area contributed by atoms with Crippen LogP contribution in [0.5, 0.6) is 0 Å². The molecular weight excluding hydrogens is 358 g/mol. The number of aromatic nitrogens is 1. The van der Waals surface area contributed by atoms with Crippen LogP contribution in [0, 0.1) is 0 Å². The van der Waals surface area contributed by atoms with Crippen molar-refractivity contribution in [2.24, 2.45) is 0 Å². The molecule has 0 aliphatic heterocycles. The standard InChI is InChI=1S/C22H20BrN/c1-22(2,3)15-8-11-17(12-9-15)24-20-7-5-4-6-18(20)19-13-10-16(23)14-21(19)24/h4-14H,1-3H3. The summed E-state index contributed by atoms with van der Waals surface area (Å²) in [6.07, 6.45) is 0. The molecule has 0 unspecified atom stereocenters. The molecule has 0 aliphatic carbocycles. The normalized spacial score (nSPS) is 12.2. The van der Waals surface area contributed by atoms with Crippen LogP contribution in [-0.2, 0) is 5.41 Å². The molecule has 120 valence electrons. The Kier molecular flexibility index (Phi) is 3.54. The number of fused-ring (bicyclic) bond motifs is 3. The van der Waals surface area contributed by atoms with Crippen LogP contribution in [0.1, 0.15) is 26.3 Å². The lowest BCUT2D eigenvalue weighted by atomic mass is 9.87. The third kappa shape index (κ3) is 2.46. The summed E-state index contributed by atoms with van der Waals surface area (Å²) in [5, 5.41) is 2.58. The molecule has 0 saturated carbocycles. The van der Waals surface area contributed by atoms with E-state index in [0.717, 1.165) is 4.47 Å². The van der Waals surface area contributed by atoms with E-state index in [-0.39, 0.29) is 5.41 Å². The van der Waals surface area contributed by atoms with Gasteiger partial charge in [-0.2, -0.15) is 0 Å². The molecule has 2 heteroatoms. The maximum absolute atomic E-state index is 3.62. The average molecular weight is 378 g/mol. The van der Waals surface area contributed by atoms with Gasteiger partial charge in [-0.25, -0.2) is 0 Å². The van der Waals surface area contributed by atoms with Crippen molar-refractivity contribution in [3.63, 3.8) is 0 Å². The van der Waals surface area contributed by atoms with Crippen LogP contribution in [0.3, 0.4) is 0 Å². The molecule has 3 aromatic carbocycles. The fourth-order valence-electron chi connectivity index (χ4n) is 3.33. The number of hydrogen-bond acceptors (Lipinski definition) is 0. The van der Waals surface area contributed by atoms with E-state index in [4.69, 9.17) is 0 Å². The monoisotopic (exact) mass is 377 g/mol. The van der Waals surface area contributed by atoms with Crippen molar-refractivity contribution >= 4 is 37.7 Å². The predicted molar refractivity (Wildman–Crippen MR) is 107 cm³/mol. The molecule has 0 N–H and O–H groups in total. The molecule has 1 heterocycles. The molecule has 0 amide bonds. The van der Waals surface area contributed by atoms with Gasteiger partial charge in [0.2, 0.25) is 0 Å². The first kappa shape index (κ1) is 15.5. The van der Waals surface area contributed by atoms with Crippen LogP contribution in [0.4, 0.5) is 0 Å². The lowest BCUT2D eigenvalue weighted by Gasteiger charge is -2.19. The van der Waals surface area contributed by atoms with Gasteiger partial charge < -0.3 is 4.57 Å². The van der Waals surface area contributed by atoms with E-state index in [1.54, 1.807) is 0 Å². The summed E-state index contributed by atoms with van der Waals surface area (Å²) in [5.74, 6) is 0. The molecule has 0 atom stereocenters. The van der Waals surface area contributed by atoms with Crippen molar-refractivity contribution in [2.75, 3.05) is 0 Å². The van der Waals surface area contributed by atoms with E-state index >= 15 is 0 Å². The minimum atomic E-state index is 0.169. The first-order valence-corrected chi connectivity index (χ1v) is 9.04. The van der Waals surface area contributed by atoms with Gasteiger partial charge in [0, 0.05) is 20.9 Å². The summed E-state index contributed by atoms with van der Waals surface area (Å²) >= 11 is 3.62. The Balaban J connectivity index is 2.02. The van der Waals surface area contributed by atoms with Crippen LogP contribution >= 0.6 is 15.9 Å². The first-order chi connectivity index (χ1) is 11.4. The van der Waals surface area contributed by atoms with Crippen molar-refractivity contribution in [3.05, 3.63) is 76.8 Å². The van der Waals surface area contributed by atoms with Crippen molar-refractivity contribution in [1.82, 2.24) is 4.57 Å². The summed E-state index contributed by atoms with van der Waals surface area (Å²) in [6.45, 7) is 6.75. The summed E-state index contributed by atoms with van der Waals surface area (Å²) < 4.78 is 3.45. The molecule has 0 spiro atoms. The zero-order valence-corrected chi connectivity index (χ0v) is 15.8. The largest absolute Gasteiger partial charge is 0.309 e. The number of nitrogens with zero attached hydrogens (tertiary/aromatic N) is 1. The summed E-state index contributed by atoms with van der Waals surface area (Å²) in [5.41, 5.74) is 5.20. The van der Waals surface area contributed by atoms with E-state index in [1.165, 1.54) is 33.1 Å². The van der Waals surface area contributed by atoms with Gasteiger partial charge in [0.1, 0.15) is 0 Å². The molecule has 0 radical (unpaired) electrons. The fraction of sp³-hybridized carbons (Fsp3) is 0.182. The van der Waals surface area contributed by atoms with Crippen LogP contribution in [0.2, 0.25) is 0 Å². The second kappa shape index (κ2) is 5.49. The molecule has 0 bridgehead atoms. The fourth-order valence-corrected chi connectivity index (χ4v) is 3.68. The highest BCUT2D eigenvalue weighted by Crippen LogP contribution is 2.34. The van der Waals surface area contributed by atoms with Gasteiger partial charge in [0.25, 0.3) is 0 Å². The lowest BCUT2D eigenvalue weighted by Crippen LogP contribution is -2.10. The van der Waals surface area contributed by atoms with Gasteiger partial charge >= 0.3 is 0 Å². The SMILES string of the molecule is CC(C)(C)c1ccc(-n2c3ccccc3c3ccc(Br)cc32)cc1. The van der Waals surface area contributed by atoms with Gasteiger partial charge in [0.05, 0.1) is 11.0 Å². The lowest BCUT2D eigenvalue weighted by molar-refractivity contribution is 0.590. The van der Waals surface area contributed by atoms with Gasteiger partial charge in [-0.15, -0.1) is 0 Å². The highest BCUT2D eigenvalue weighted by Gasteiger charge is 2.15. The van der Waals surface area contributed by atoms with Crippen molar-refractivity contribution < 1.29 is 0 Å². The second-order valence-corrected chi connectivity index (χ2v) is 8.23. The highest BCUT2D eigenvalue weighted by molar-refractivity contribution is 9.10. The maximum atomic E-state index is 3.62. The topological polar surface area (TPSA) is 4.93 Å². The van der Waals surface area contributed by atoms with E-state index in [2.05, 4.69) is 108 Å². The summed E-state index contributed by atoms with van der Waals surface area (Å²) in [7, 11) is 0. The molecule has 0 saturated heterocycles. The Bertz CT molecular complexity index is 1030. The minimum Gasteiger partial charge on any atom is -0.309 e. The number of hydrogen-bond donors (Lipinski definition) is 0. The number of halogens is 1. The number of rotatable bonds is 1. The molecular formula is C22H20BrN. The smallest absolute Gasteiger partial charge is 0.0552 e. The molecule has 1 nitrogen and oxygen atoms in total. The Morgan fingerprint density at radius 1 is 0.750 bits per heavy atom. The van der Waals surface area contributed by atoms with Crippen molar-refractivity contribution in [1.29, 1.82) is 0 Å². The molecule has 24 heavy (non-hydrogen) atoms. The third-order valence-corrected chi connectivity index (χ3v) is 5.12. The zero-order valence-electron chi connectivity index (χ0n) is 14.2. The Morgan fingerprint density at radius 2 is 1.42 bits per heavy atom. The Hall–Kier alpha value is -2.06. The van der Waals surface area contributed by atoms with Gasteiger partial charge in [-0.1, -0.05) is 73.1 Å². The van der Waals surface area contributed by atoms with Crippen LogP contribution < -0.4 is 0 Å². The van der Waals surface area contributed by atoms with E-state index in [0.29, 0.717) is 0 Å². The zero-order chi connectivity index (χ0) is 16.9. The first-order valence-electron chi connectivity index (χ1n) is 8.25. The van der Waals surface area contributed by atoms with E-state index < -0.39 is 0 Å². The summed E-state index contributed by atoms with van der Waals surface area (Å²) in [6, 6.07) is 24.1. The molecule has 0 fully saturated rings. The second-order valence-electron chi connectivity index (χ2n) is 7.31. The Morgan fingerprint density at radius 3 is 2.12 bits per heavy atom. The molecule has 0 aliphatic rings. The quantitative estimate of drug-likeness (QED) is 0.342. The highest BCUT2D eigenvalue weighted by atomic mass is 79.9. The van der Waals surface area contributed by atoms with Gasteiger partial charge in [-0.05, 0) is 41.3 Å². The van der Waals surface area contributed by atoms with E-state index in [1.807, 2.05) is 0 Å². The third-order valence-electron chi connectivity index (χ3n) is 4.63. The maximum Gasteiger partial charge on any atom is 0.0552 e. The Labute approximate surface area is 151 Å². The molecule has 4 rings (SSSR count). The molecule has 1 aromatic heterocycles. The van der Waals surface area contributed by atoms with Crippen molar-refractivity contribution in [2.45, 2.75) is 26.2 Å². The van der Waals surface area contributed by atoms with Gasteiger partial charge in [0.15, 0.2) is 0 Å². The van der Waals surface area contributed by atoms with E-state index in [9.17, 15) is 0 Å². The van der Waals surface area contributed by atoms with Crippen LogP contribution in [0.25, 0.3) is 27.5 Å². The van der Waals surface area contributed by atoms with Gasteiger partial charge in [-0.3, -0.25) is 0 Å². The number of benzene rings is 3. The summed E-state index contributed by atoms with van der Waals surface area (Å²) in [4.78, 5) is 0. The number of para-hydroxylation sites is 1. The van der Waals surface area contributed by atoms with Crippen molar-refractivity contribution in [3.8, 4) is 5.69 Å². The predicted octanol–water partition coefficient (Wildman–Crippen LogP) is 6.84. The average Bonchev–Trinajstić information content (AvgIpc) is 2.87. The van der Waals surface area contributed by atoms with Crippen LogP contribution in [-0.4, -0.2) is 4.57 Å². The van der Waals surface area contributed by atoms with Crippen LogP contribution in [0.15, 0.2) is 71.2 Å². The molecule has 4 aromatic rings.